The topological polar surface area (TPSA) is 46.5 Å². The van der Waals surface area contributed by atoms with E-state index in [1.54, 1.807) is 0 Å². The fraction of sp³-hybridized carbons (Fsp3) is 0.300. The van der Waals surface area contributed by atoms with E-state index in [1.807, 2.05) is 49.4 Å². The maximum Gasteiger partial charge on any atom is 0.303 e. The highest BCUT2D eigenvalue weighted by Crippen LogP contribution is 2.26. The van der Waals surface area contributed by atoms with Gasteiger partial charge in [-0.2, -0.15) is 0 Å². The zero-order valence-electron chi connectivity index (χ0n) is 20.3. The van der Waals surface area contributed by atoms with Crippen LogP contribution in [0.3, 0.4) is 0 Å². The van der Waals surface area contributed by atoms with Gasteiger partial charge < -0.3 is 9.84 Å². The number of hydrogen-bond donors (Lipinski definition) is 1. The van der Waals surface area contributed by atoms with E-state index >= 15 is 0 Å². The molecule has 0 saturated heterocycles. The van der Waals surface area contributed by atoms with Crippen LogP contribution in [0.15, 0.2) is 60.7 Å². The van der Waals surface area contributed by atoms with Crippen molar-refractivity contribution in [1.82, 2.24) is 0 Å². The van der Waals surface area contributed by atoms with Gasteiger partial charge in [0, 0.05) is 12.5 Å². The summed E-state index contributed by atoms with van der Waals surface area (Å²) in [7, 11) is 0. The van der Waals surface area contributed by atoms with Crippen molar-refractivity contribution < 1.29 is 23.4 Å². The quantitative estimate of drug-likeness (QED) is 0.214. The molecule has 0 amide bonds. The molecular weight excluding hydrogens is 446 g/mol. The number of benzene rings is 3. The predicted octanol–water partition coefficient (Wildman–Crippen LogP) is 7.78. The Morgan fingerprint density at radius 2 is 1.57 bits per heavy atom. The number of carboxylic acid groups (broad SMARTS) is 1. The number of halogens is 2. The molecule has 0 spiro atoms. The average Bonchev–Trinajstić information content (AvgIpc) is 2.81. The van der Waals surface area contributed by atoms with Crippen LogP contribution in [0.25, 0.3) is 11.6 Å². The first kappa shape index (κ1) is 26.1. The molecule has 35 heavy (non-hydrogen) atoms. The predicted molar refractivity (Wildman–Crippen MR) is 137 cm³/mol. The number of carboxylic acids is 1. The fourth-order valence-corrected chi connectivity index (χ4v) is 3.90. The van der Waals surface area contributed by atoms with Gasteiger partial charge in [0.1, 0.15) is 17.4 Å². The standard InChI is InChI=1S/C30H32F2O3/c1-21-9-10-24(16-22(21)2)17-25(26-18-27(31)20-28(32)19-26)7-5-15-35-29-13-11-23(12-14-29)6-3-4-8-30(33)34/h9-14,16-20H,3-8,15H2,1-2H3,(H,33,34)/b25-17+. The zero-order chi connectivity index (χ0) is 25.2. The molecule has 3 aromatic carbocycles. The number of carbonyl (C=O) groups is 1. The van der Waals surface area contributed by atoms with E-state index in [-0.39, 0.29) is 6.42 Å². The Balaban J connectivity index is 1.60. The molecule has 0 saturated carbocycles. The first-order valence-electron chi connectivity index (χ1n) is 12.0. The molecule has 0 aromatic heterocycles. The maximum atomic E-state index is 13.9. The summed E-state index contributed by atoms with van der Waals surface area (Å²) in [5.74, 6) is -1.19. The lowest BCUT2D eigenvalue weighted by Gasteiger charge is -2.12. The van der Waals surface area contributed by atoms with Crippen molar-refractivity contribution >= 4 is 17.6 Å². The molecule has 0 aliphatic carbocycles. The maximum absolute atomic E-state index is 13.9. The van der Waals surface area contributed by atoms with Gasteiger partial charge in [-0.15, -0.1) is 0 Å². The third-order valence-corrected chi connectivity index (χ3v) is 5.99. The van der Waals surface area contributed by atoms with Gasteiger partial charge in [0.15, 0.2) is 0 Å². The van der Waals surface area contributed by atoms with Gasteiger partial charge in [-0.05, 0) is 104 Å². The molecule has 184 valence electrons. The second-order valence-corrected chi connectivity index (χ2v) is 8.87. The number of aryl methyl sites for hydroxylation is 3. The second-order valence-electron chi connectivity index (χ2n) is 8.87. The highest BCUT2D eigenvalue weighted by molar-refractivity contribution is 5.81. The van der Waals surface area contributed by atoms with E-state index in [2.05, 4.69) is 13.0 Å². The lowest BCUT2D eigenvalue weighted by Crippen LogP contribution is -1.99. The number of hydrogen-bond acceptors (Lipinski definition) is 2. The Hall–Kier alpha value is -3.47. The summed E-state index contributed by atoms with van der Waals surface area (Å²) >= 11 is 0. The zero-order valence-corrected chi connectivity index (χ0v) is 20.3. The lowest BCUT2D eigenvalue weighted by molar-refractivity contribution is -0.137. The number of rotatable bonds is 12. The van der Waals surface area contributed by atoms with Crippen molar-refractivity contribution in [2.24, 2.45) is 0 Å². The summed E-state index contributed by atoms with van der Waals surface area (Å²) in [5, 5.41) is 8.71. The van der Waals surface area contributed by atoms with Gasteiger partial charge in [-0.1, -0.05) is 36.4 Å². The van der Waals surface area contributed by atoms with Crippen molar-refractivity contribution in [3.05, 3.63) is 100 Å². The first-order chi connectivity index (χ1) is 16.8. The van der Waals surface area contributed by atoms with E-state index in [4.69, 9.17) is 9.84 Å². The molecule has 5 heteroatoms. The SMILES string of the molecule is Cc1ccc(/C=C(\CCCOc2ccc(CCCCC(=O)O)cc2)c2cc(F)cc(F)c2)cc1C. The van der Waals surface area contributed by atoms with E-state index in [9.17, 15) is 13.6 Å². The van der Waals surface area contributed by atoms with E-state index in [0.29, 0.717) is 31.4 Å². The number of allylic oxidation sites excluding steroid dienone is 1. The minimum Gasteiger partial charge on any atom is -0.494 e. The van der Waals surface area contributed by atoms with Gasteiger partial charge in [0.05, 0.1) is 6.61 Å². The van der Waals surface area contributed by atoms with Crippen LogP contribution in [0.2, 0.25) is 0 Å². The van der Waals surface area contributed by atoms with Crippen molar-refractivity contribution in [2.75, 3.05) is 6.61 Å². The molecule has 0 heterocycles. The fourth-order valence-electron chi connectivity index (χ4n) is 3.90. The first-order valence-corrected chi connectivity index (χ1v) is 12.0. The van der Waals surface area contributed by atoms with Crippen LogP contribution in [-0.2, 0) is 11.2 Å². The molecular formula is C30H32F2O3. The number of aliphatic carboxylic acids is 1. The van der Waals surface area contributed by atoms with Gasteiger partial charge in [0.2, 0.25) is 0 Å². The van der Waals surface area contributed by atoms with Crippen molar-refractivity contribution in [1.29, 1.82) is 0 Å². The second kappa shape index (κ2) is 12.8. The highest BCUT2D eigenvalue weighted by Gasteiger charge is 2.08. The van der Waals surface area contributed by atoms with Crippen LogP contribution in [0.1, 0.15) is 59.9 Å². The molecule has 3 aromatic rings. The summed E-state index contributed by atoms with van der Waals surface area (Å²) in [6.07, 6.45) is 5.82. The molecule has 3 rings (SSSR count). The number of ether oxygens (including phenoxy) is 1. The Morgan fingerprint density at radius 3 is 2.23 bits per heavy atom. The normalized spacial score (nSPS) is 11.5. The Morgan fingerprint density at radius 1 is 0.857 bits per heavy atom. The Bertz CT molecular complexity index is 1150. The number of unbranched alkanes of at least 4 members (excludes halogenated alkanes) is 1. The monoisotopic (exact) mass is 478 g/mol. The molecule has 0 aliphatic rings. The van der Waals surface area contributed by atoms with Crippen LogP contribution >= 0.6 is 0 Å². The van der Waals surface area contributed by atoms with Crippen LogP contribution in [-0.4, -0.2) is 17.7 Å². The van der Waals surface area contributed by atoms with Crippen molar-refractivity contribution in [2.45, 2.75) is 52.4 Å². The minimum absolute atomic E-state index is 0.198. The Labute approximate surface area is 206 Å². The molecule has 0 fully saturated rings. The molecule has 0 bridgehead atoms. The summed E-state index contributed by atoms with van der Waals surface area (Å²) in [5.41, 5.74) is 5.89. The highest BCUT2D eigenvalue weighted by atomic mass is 19.1. The van der Waals surface area contributed by atoms with Crippen LogP contribution in [0.4, 0.5) is 8.78 Å². The van der Waals surface area contributed by atoms with Gasteiger partial charge in [0.25, 0.3) is 0 Å². The van der Waals surface area contributed by atoms with E-state index < -0.39 is 17.6 Å². The van der Waals surface area contributed by atoms with E-state index in [0.717, 1.165) is 46.9 Å². The van der Waals surface area contributed by atoms with Crippen LogP contribution in [0, 0.1) is 25.5 Å². The summed E-state index contributed by atoms with van der Waals surface area (Å²) in [6, 6.07) is 17.6. The summed E-state index contributed by atoms with van der Waals surface area (Å²) in [6.45, 7) is 4.57. The van der Waals surface area contributed by atoms with Crippen LogP contribution < -0.4 is 4.74 Å². The third-order valence-electron chi connectivity index (χ3n) is 5.99. The van der Waals surface area contributed by atoms with Gasteiger partial charge in [-0.25, -0.2) is 8.78 Å². The smallest absolute Gasteiger partial charge is 0.303 e. The summed E-state index contributed by atoms with van der Waals surface area (Å²) < 4.78 is 33.7. The minimum atomic E-state index is -0.761. The lowest BCUT2D eigenvalue weighted by atomic mass is 9.97. The molecule has 3 nitrogen and oxygen atoms in total. The summed E-state index contributed by atoms with van der Waals surface area (Å²) in [4.78, 5) is 10.6. The molecule has 0 atom stereocenters. The van der Waals surface area contributed by atoms with Crippen molar-refractivity contribution in [3.63, 3.8) is 0 Å². The molecule has 0 aliphatic heterocycles. The molecule has 0 radical (unpaired) electrons. The molecule has 1 N–H and O–H groups in total. The van der Waals surface area contributed by atoms with E-state index in [1.165, 1.54) is 17.7 Å². The average molecular weight is 479 g/mol. The van der Waals surface area contributed by atoms with Crippen molar-refractivity contribution in [3.8, 4) is 5.75 Å². The van der Waals surface area contributed by atoms with Gasteiger partial charge in [-0.3, -0.25) is 4.79 Å². The third kappa shape index (κ3) is 8.67. The van der Waals surface area contributed by atoms with Gasteiger partial charge >= 0.3 is 5.97 Å². The Kier molecular flexibility index (Phi) is 9.59. The largest absolute Gasteiger partial charge is 0.494 e. The molecule has 0 unspecified atom stereocenters. The van der Waals surface area contributed by atoms with Crippen LogP contribution in [0.5, 0.6) is 5.75 Å².